The molecule has 1 fully saturated rings. The molecule has 1 saturated heterocycles. The molecule has 5 amide bonds. The normalized spacial score (nSPS) is 16.6. The van der Waals surface area contributed by atoms with Gasteiger partial charge < -0.3 is 68.9 Å². The second kappa shape index (κ2) is 22.5. The number of benzene rings is 2. The molecule has 15 N–H and O–H groups in total. The first-order chi connectivity index (χ1) is 27.9. The Morgan fingerprint density at radius 3 is 1.76 bits per heavy atom. The number of carbonyl (C=O) groups excluding carboxylic acids is 5. The molecule has 21 heteroatoms. The summed E-state index contributed by atoms with van der Waals surface area (Å²) in [5.41, 5.74) is 17.6. The highest BCUT2D eigenvalue weighted by molar-refractivity contribution is 5.96. The van der Waals surface area contributed by atoms with Gasteiger partial charge >= 0.3 is 11.9 Å². The van der Waals surface area contributed by atoms with Crippen molar-refractivity contribution in [1.82, 2.24) is 26.2 Å². The van der Waals surface area contributed by atoms with Crippen LogP contribution in [0.1, 0.15) is 56.6 Å². The lowest BCUT2D eigenvalue weighted by Gasteiger charge is -2.29. The van der Waals surface area contributed by atoms with Gasteiger partial charge in [0, 0.05) is 32.4 Å². The van der Waals surface area contributed by atoms with Crippen molar-refractivity contribution in [2.45, 2.75) is 101 Å². The number of carboxylic acid groups (broad SMARTS) is 2. The van der Waals surface area contributed by atoms with E-state index >= 15 is 0 Å². The molecule has 59 heavy (non-hydrogen) atoms. The predicted molar refractivity (Wildman–Crippen MR) is 210 cm³/mol. The molecule has 0 spiro atoms. The van der Waals surface area contributed by atoms with Crippen LogP contribution in [-0.2, 0) is 46.4 Å². The van der Waals surface area contributed by atoms with E-state index in [1.54, 1.807) is 0 Å². The number of carbonyl (C=O) groups is 7. The summed E-state index contributed by atoms with van der Waals surface area (Å²) in [5.74, 6) is -7.36. The number of nitrogens with two attached hydrogens (primary N) is 3. The summed E-state index contributed by atoms with van der Waals surface area (Å²) < 4.78 is 0. The van der Waals surface area contributed by atoms with Gasteiger partial charge in [0.2, 0.25) is 29.5 Å². The lowest BCUT2D eigenvalue weighted by Crippen LogP contribution is -2.59. The zero-order chi connectivity index (χ0) is 43.8. The van der Waals surface area contributed by atoms with Gasteiger partial charge in [0.05, 0.1) is 6.10 Å². The average Bonchev–Trinajstić information content (AvgIpc) is 3.68. The summed E-state index contributed by atoms with van der Waals surface area (Å²) in [7, 11) is 0. The first-order valence-corrected chi connectivity index (χ1v) is 18.9. The largest absolute Gasteiger partial charge is 0.508 e. The lowest BCUT2D eigenvalue weighted by atomic mass is 10.0. The molecule has 3 rings (SSSR count). The number of rotatable bonds is 22. The number of hydrogen-bond acceptors (Lipinski definition) is 12. The van der Waals surface area contributed by atoms with Gasteiger partial charge in [-0.15, -0.1) is 0 Å². The Bertz CT molecular complexity index is 1820. The number of carboxylic acids is 2. The van der Waals surface area contributed by atoms with Crippen LogP contribution >= 0.6 is 0 Å². The molecule has 0 aliphatic carbocycles. The Kier molecular flexibility index (Phi) is 17.9. The zero-order valence-electron chi connectivity index (χ0n) is 32.5. The van der Waals surface area contributed by atoms with Gasteiger partial charge in [-0.1, -0.05) is 24.3 Å². The molecule has 0 bridgehead atoms. The predicted octanol–water partition coefficient (Wildman–Crippen LogP) is -2.48. The lowest BCUT2D eigenvalue weighted by molar-refractivity contribution is -0.143. The van der Waals surface area contributed by atoms with Crippen molar-refractivity contribution >= 4 is 47.4 Å². The molecule has 21 nitrogen and oxygen atoms in total. The Balaban J connectivity index is 1.89. The summed E-state index contributed by atoms with van der Waals surface area (Å²) in [6, 6.07) is 3.00. The molecule has 0 radical (unpaired) electrons. The molecule has 0 aromatic heterocycles. The van der Waals surface area contributed by atoms with Crippen LogP contribution in [0.5, 0.6) is 11.5 Å². The summed E-state index contributed by atoms with van der Waals surface area (Å²) in [6.07, 6.45) is -2.05. The third kappa shape index (κ3) is 15.1. The number of guanidine groups is 1. The van der Waals surface area contributed by atoms with E-state index in [1.807, 2.05) is 0 Å². The molecule has 7 atom stereocenters. The highest BCUT2D eigenvalue weighted by Crippen LogP contribution is 2.20. The SMILES string of the molecule is C[C@@H](O)[C@H](N)C(=O)N1CCC[C@H]1C(=O)N[C@@H](CCC(=O)O)C(=O)N[C@@H](CCCN=C(N)N)C(=O)N[C@@H](Cc1ccc(O)cc1)C(=O)N[C@@H](Cc1ccc(O)cc1)C(=O)O. The van der Waals surface area contributed by atoms with Crippen molar-refractivity contribution in [2.75, 3.05) is 13.1 Å². The van der Waals surface area contributed by atoms with Crippen molar-refractivity contribution in [2.24, 2.45) is 22.2 Å². The van der Waals surface area contributed by atoms with Crippen LogP contribution in [0.4, 0.5) is 0 Å². The van der Waals surface area contributed by atoms with E-state index in [4.69, 9.17) is 17.2 Å². The number of phenols is 2. The number of aliphatic hydroxyl groups is 1. The van der Waals surface area contributed by atoms with Gasteiger partial charge in [-0.25, -0.2) is 4.79 Å². The highest BCUT2D eigenvalue weighted by atomic mass is 16.4. The van der Waals surface area contributed by atoms with Crippen molar-refractivity contribution in [1.29, 1.82) is 0 Å². The first-order valence-electron chi connectivity index (χ1n) is 18.9. The smallest absolute Gasteiger partial charge is 0.326 e. The van der Waals surface area contributed by atoms with Crippen LogP contribution < -0.4 is 38.5 Å². The summed E-state index contributed by atoms with van der Waals surface area (Å²) in [5, 5.41) is 58.7. The van der Waals surface area contributed by atoms with E-state index in [9.17, 15) is 59.1 Å². The molecule has 2 aromatic carbocycles. The number of phenolic OH excluding ortho intramolecular Hbond substituents is 2. The average molecular weight is 828 g/mol. The third-order valence-electron chi connectivity index (χ3n) is 9.50. The summed E-state index contributed by atoms with van der Waals surface area (Å²) >= 11 is 0. The number of aliphatic carboxylic acids is 2. The van der Waals surface area contributed by atoms with Gasteiger partial charge in [0.25, 0.3) is 0 Å². The second-order valence-electron chi connectivity index (χ2n) is 14.2. The van der Waals surface area contributed by atoms with Crippen molar-refractivity contribution < 1.29 is 59.1 Å². The zero-order valence-corrected chi connectivity index (χ0v) is 32.5. The highest BCUT2D eigenvalue weighted by Gasteiger charge is 2.39. The van der Waals surface area contributed by atoms with Crippen molar-refractivity contribution in [3.63, 3.8) is 0 Å². The molecular weight excluding hydrogens is 774 g/mol. The van der Waals surface area contributed by atoms with Gasteiger partial charge in [-0.05, 0) is 74.4 Å². The number of aromatic hydroxyl groups is 2. The Morgan fingerprint density at radius 1 is 0.763 bits per heavy atom. The number of nitrogens with zero attached hydrogens (tertiary/aromatic N) is 2. The molecule has 1 heterocycles. The monoisotopic (exact) mass is 827 g/mol. The molecule has 322 valence electrons. The standard InChI is InChI=1S/C38H53N9O12/c1-20(48)31(39)36(57)47-17-3-5-29(47)35(56)44-26(14-15-30(51)52)33(54)43-25(4-2-16-42-38(40)41)32(53)45-27(18-21-6-10-23(49)11-7-21)34(55)46-28(37(58)59)19-22-8-12-24(50)13-9-22/h6-13,20,25-29,31,48-50H,2-5,14-19,39H2,1H3,(H,43,54)(H,44,56)(H,45,53)(H,46,55)(H,51,52)(H,58,59)(H4,40,41,42)/t20-,25+,26+,27+,28+,29+,31+/m1/s1. The van der Waals surface area contributed by atoms with Gasteiger partial charge in [0.1, 0.15) is 47.8 Å². The Labute approximate surface area is 339 Å². The van der Waals surface area contributed by atoms with Gasteiger partial charge in [-0.3, -0.25) is 33.8 Å². The quantitative estimate of drug-likeness (QED) is 0.0332. The minimum absolute atomic E-state index is 0.0102. The number of aliphatic imine (C=N–C) groups is 1. The molecular formula is C38H53N9O12. The maximum absolute atomic E-state index is 14.0. The topological polar surface area (TPSA) is 362 Å². The first kappa shape index (κ1) is 46.9. The van der Waals surface area contributed by atoms with Gasteiger partial charge in [0.15, 0.2) is 5.96 Å². The van der Waals surface area contributed by atoms with Gasteiger partial charge in [-0.2, -0.15) is 0 Å². The fourth-order valence-corrected chi connectivity index (χ4v) is 6.24. The number of amides is 5. The van der Waals surface area contributed by atoms with Crippen molar-refractivity contribution in [3.8, 4) is 11.5 Å². The van der Waals surface area contributed by atoms with Crippen LogP contribution in [0, 0.1) is 0 Å². The Morgan fingerprint density at radius 2 is 1.25 bits per heavy atom. The van der Waals surface area contributed by atoms with Crippen LogP contribution in [0.25, 0.3) is 0 Å². The molecule has 1 aliphatic rings. The van der Waals surface area contributed by atoms with Crippen LogP contribution in [0.3, 0.4) is 0 Å². The van der Waals surface area contributed by atoms with E-state index in [1.165, 1.54) is 60.4 Å². The minimum Gasteiger partial charge on any atom is -0.508 e. The van der Waals surface area contributed by atoms with Crippen molar-refractivity contribution in [3.05, 3.63) is 59.7 Å². The Hall–Kier alpha value is -6.48. The van der Waals surface area contributed by atoms with Crippen LogP contribution in [0.15, 0.2) is 53.5 Å². The second-order valence-corrected chi connectivity index (χ2v) is 14.2. The van der Waals surface area contributed by atoms with E-state index in [0.29, 0.717) is 17.5 Å². The summed E-state index contributed by atoms with van der Waals surface area (Å²) in [4.78, 5) is 97.0. The number of aliphatic hydroxyl groups excluding tert-OH is 1. The van der Waals surface area contributed by atoms with E-state index in [-0.39, 0.29) is 62.7 Å². The third-order valence-corrected chi connectivity index (χ3v) is 9.50. The molecule has 2 aromatic rings. The maximum Gasteiger partial charge on any atom is 0.326 e. The van der Waals surface area contributed by atoms with E-state index in [0.717, 1.165) is 0 Å². The van der Waals surface area contributed by atoms with Crippen LogP contribution in [0.2, 0.25) is 0 Å². The number of likely N-dealkylation sites (tertiary alicyclic amines) is 1. The minimum atomic E-state index is -1.53. The maximum atomic E-state index is 14.0. The van der Waals surface area contributed by atoms with E-state index < -0.39 is 96.7 Å². The fraction of sp³-hybridized carbons (Fsp3) is 0.474. The van der Waals surface area contributed by atoms with Crippen LogP contribution in [-0.4, -0.2) is 133 Å². The summed E-state index contributed by atoms with van der Waals surface area (Å²) in [6.45, 7) is 1.47. The van der Waals surface area contributed by atoms with E-state index in [2.05, 4.69) is 26.3 Å². The number of nitrogens with one attached hydrogen (secondary N) is 4. The molecule has 0 unspecified atom stereocenters. The molecule has 1 aliphatic heterocycles. The fourth-order valence-electron chi connectivity index (χ4n) is 6.24. The molecule has 0 saturated carbocycles. The number of hydrogen-bond donors (Lipinski definition) is 12.